The first-order valence-corrected chi connectivity index (χ1v) is 8.57. The molecule has 8 heteroatoms. The van der Waals surface area contributed by atoms with Crippen LogP contribution in [-0.2, 0) is 6.54 Å². The van der Waals surface area contributed by atoms with E-state index in [0.717, 1.165) is 11.1 Å². The zero-order valence-electron chi connectivity index (χ0n) is 14.7. The van der Waals surface area contributed by atoms with Crippen molar-refractivity contribution in [1.29, 1.82) is 0 Å². The summed E-state index contributed by atoms with van der Waals surface area (Å²) in [6.07, 6.45) is 6.18. The summed E-state index contributed by atoms with van der Waals surface area (Å²) in [5.41, 5.74) is 8.13. The van der Waals surface area contributed by atoms with Crippen LogP contribution in [0.2, 0.25) is 0 Å². The van der Waals surface area contributed by atoms with Gasteiger partial charge in [0.2, 0.25) is 0 Å². The fourth-order valence-corrected chi connectivity index (χ4v) is 2.84. The van der Waals surface area contributed by atoms with Crippen LogP contribution in [0.5, 0.6) is 0 Å². The largest absolute Gasteiger partial charge is 0.271 e. The summed E-state index contributed by atoms with van der Waals surface area (Å²) in [6.45, 7) is 0.441. The monoisotopic (exact) mass is 372 g/mol. The van der Waals surface area contributed by atoms with E-state index in [1.54, 1.807) is 41.7 Å². The second-order valence-electron chi connectivity index (χ2n) is 6.03. The normalized spacial score (nSPS) is 13.9. The van der Waals surface area contributed by atoms with Crippen LogP contribution in [0.15, 0.2) is 78.4 Å². The van der Waals surface area contributed by atoms with Gasteiger partial charge in [0, 0.05) is 41.5 Å². The van der Waals surface area contributed by atoms with E-state index >= 15 is 0 Å². The number of hydrazone groups is 1. The van der Waals surface area contributed by atoms with Crippen LogP contribution in [0.1, 0.15) is 31.8 Å². The molecule has 138 valence electrons. The standard InChI is InChI=1S/C20H16N6O2/c27-19(14-5-9-21-10-6-14)24-23-18-17-4-2-1-3-16(17)13-26(18)25-20(28)15-7-11-22-12-8-15/h1-12H,13H2,(H,24,27)(H,25,28)/b23-18-. The van der Waals surface area contributed by atoms with Crippen molar-refractivity contribution in [2.24, 2.45) is 5.10 Å². The number of carbonyl (C=O) groups excluding carboxylic acids is 2. The van der Waals surface area contributed by atoms with Crippen molar-refractivity contribution in [3.8, 4) is 0 Å². The second-order valence-corrected chi connectivity index (χ2v) is 6.03. The number of hydrazine groups is 1. The Bertz CT molecular complexity index is 1040. The third kappa shape index (κ3) is 3.56. The van der Waals surface area contributed by atoms with Crippen molar-refractivity contribution in [1.82, 2.24) is 25.8 Å². The number of amides is 2. The Morgan fingerprint density at radius 1 is 0.857 bits per heavy atom. The highest BCUT2D eigenvalue weighted by Crippen LogP contribution is 2.21. The Labute approximate surface area is 160 Å². The number of benzene rings is 1. The minimum Gasteiger partial charge on any atom is -0.267 e. The van der Waals surface area contributed by atoms with Crippen molar-refractivity contribution in [2.75, 3.05) is 0 Å². The highest BCUT2D eigenvalue weighted by molar-refractivity contribution is 6.05. The third-order valence-electron chi connectivity index (χ3n) is 4.23. The summed E-state index contributed by atoms with van der Waals surface area (Å²) < 4.78 is 0. The maximum atomic E-state index is 12.5. The van der Waals surface area contributed by atoms with Gasteiger partial charge in [-0.15, -0.1) is 0 Å². The molecule has 0 atom stereocenters. The van der Waals surface area contributed by atoms with E-state index in [1.165, 1.54) is 12.4 Å². The number of aromatic nitrogens is 2. The molecular weight excluding hydrogens is 356 g/mol. The molecule has 2 amide bonds. The Hall–Kier alpha value is -4.07. The van der Waals surface area contributed by atoms with Crippen LogP contribution < -0.4 is 10.9 Å². The van der Waals surface area contributed by atoms with E-state index in [0.29, 0.717) is 23.5 Å². The summed E-state index contributed by atoms with van der Waals surface area (Å²) in [5.74, 6) is -0.191. The average molecular weight is 372 g/mol. The van der Waals surface area contributed by atoms with Gasteiger partial charge in [-0.2, -0.15) is 5.10 Å². The average Bonchev–Trinajstić information content (AvgIpc) is 3.10. The first kappa shape index (κ1) is 17.3. The second kappa shape index (κ2) is 7.67. The molecule has 4 rings (SSSR count). The molecule has 0 radical (unpaired) electrons. The van der Waals surface area contributed by atoms with Gasteiger partial charge in [0.05, 0.1) is 6.54 Å². The minimum absolute atomic E-state index is 0.289. The lowest BCUT2D eigenvalue weighted by Crippen LogP contribution is -2.43. The summed E-state index contributed by atoms with van der Waals surface area (Å²) in [4.78, 5) is 32.6. The lowest BCUT2D eigenvalue weighted by Gasteiger charge is -2.20. The summed E-state index contributed by atoms with van der Waals surface area (Å²) in [7, 11) is 0. The number of fused-ring (bicyclic) bond motifs is 1. The molecule has 0 bridgehead atoms. The lowest BCUT2D eigenvalue weighted by atomic mass is 10.1. The molecule has 2 aromatic heterocycles. The lowest BCUT2D eigenvalue weighted by molar-refractivity contribution is 0.0869. The number of carbonyl (C=O) groups is 2. The fourth-order valence-electron chi connectivity index (χ4n) is 2.84. The SMILES string of the molecule is O=C(N/N=C1/c2ccccc2CN1NC(=O)c1ccncc1)c1ccncc1. The highest BCUT2D eigenvalue weighted by Gasteiger charge is 2.27. The number of rotatable bonds is 4. The van der Waals surface area contributed by atoms with Gasteiger partial charge in [-0.1, -0.05) is 24.3 Å². The molecule has 0 spiro atoms. The molecular formula is C20H16N6O2. The maximum Gasteiger partial charge on any atom is 0.271 e. The Balaban J connectivity index is 1.57. The molecule has 8 nitrogen and oxygen atoms in total. The van der Waals surface area contributed by atoms with E-state index in [1.807, 2.05) is 24.3 Å². The van der Waals surface area contributed by atoms with Crippen molar-refractivity contribution in [3.05, 3.63) is 95.6 Å². The van der Waals surface area contributed by atoms with Crippen molar-refractivity contribution < 1.29 is 9.59 Å². The molecule has 0 saturated carbocycles. The molecule has 2 N–H and O–H groups in total. The van der Waals surface area contributed by atoms with E-state index < -0.39 is 0 Å². The van der Waals surface area contributed by atoms with Gasteiger partial charge < -0.3 is 0 Å². The van der Waals surface area contributed by atoms with Crippen molar-refractivity contribution in [2.45, 2.75) is 6.54 Å². The predicted molar refractivity (Wildman–Crippen MR) is 102 cm³/mol. The topological polar surface area (TPSA) is 99.6 Å². The zero-order valence-corrected chi connectivity index (χ0v) is 14.7. The number of amidine groups is 1. The molecule has 1 aliphatic heterocycles. The van der Waals surface area contributed by atoms with Gasteiger partial charge in [-0.05, 0) is 29.8 Å². The quantitative estimate of drug-likeness (QED) is 0.680. The van der Waals surface area contributed by atoms with E-state index in [9.17, 15) is 9.59 Å². The van der Waals surface area contributed by atoms with Gasteiger partial charge in [0.25, 0.3) is 11.8 Å². The predicted octanol–water partition coefficient (Wildman–Crippen LogP) is 1.73. The molecule has 0 aliphatic carbocycles. The minimum atomic E-state index is -0.361. The van der Waals surface area contributed by atoms with Gasteiger partial charge in [-0.25, -0.2) is 5.43 Å². The van der Waals surface area contributed by atoms with Crippen LogP contribution in [0.4, 0.5) is 0 Å². The smallest absolute Gasteiger partial charge is 0.267 e. The maximum absolute atomic E-state index is 12.5. The molecule has 0 saturated heterocycles. The first-order valence-electron chi connectivity index (χ1n) is 8.57. The van der Waals surface area contributed by atoms with E-state index in [4.69, 9.17) is 0 Å². The van der Waals surface area contributed by atoms with Crippen LogP contribution in [0, 0.1) is 0 Å². The molecule has 3 aromatic rings. The van der Waals surface area contributed by atoms with Crippen LogP contribution >= 0.6 is 0 Å². The zero-order chi connectivity index (χ0) is 19.3. The molecule has 0 fully saturated rings. The number of nitrogens with zero attached hydrogens (tertiary/aromatic N) is 4. The Morgan fingerprint density at radius 3 is 2.14 bits per heavy atom. The highest BCUT2D eigenvalue weighted by atomic mass is 16.2. The molecule has 1 aliphatic rings. The van der Waals surface area contributed by atoms with Gasteiger partial charge in [-0.3, -0.25) is 30.0 Å². The molecule has 3 heterocycles. The first-order chi connectivity index (χ1) is 13.7. The van der Waals surface area contributed by atoms with Crippen LogP contribution in [0.25, 0.3) is 0 Å². The number of hydrogen-bond donors (Lipinski definition) is 2. The number of pyridine rings is 2. The van der Waals surface area contributed by atoms with Crippen LogP contribution in [-0.4, -0.2) is 32.6 Å². The summed E-state index contributed by atoms with van der Waals surface area (Å²) in [6, 6.07) is 14.1. The summed E-state index contributed by atoms with van der Waals surface area (Å²) in [5, 5.41) is 5.88. The van der Waals surface area contributed by atoms with Gasteiger partial charge in [0.1, 0.15) is 0 Å². The van der Waals surface area contributed by atoms with E-state index in [2.05, 4.69) is 25.9 Å². The van der Waals surface area contributed by atoms with E-state index in [-0.39, 0.29) is 11.8 Å². The van der Waals surface area contributed by atoms with Crippen molar-refractivity contribution >= 4 is 17.6 Å². The van der Waals surface area contributed by atoms with Crippen LogP contribution in [0.3, 0.4) is 0 Å². The van der Waals surface area contributed by atoms with Gasteiger partial charge in [0.15, 0.2) is 5.84 Å². The summed E-state index contributed by atoms with van der Waals surface area (Å²) >= 11 is 0. The molecule has 28 heavy (non-hydrogen) atoms. The molecule has 0 unspecified atom stereocenters. The Morgan fingerprint density at radius 2 is 1.46 bits per heavy atom. The number of nitrogens with one attached hydrogen (secondary N) is 2. The van der Waals surface area contributed by atoms with Gasteiger partial charge >= 0.3 is 0 Å². The molecule has 1 aromatic carbocycles. The number of hydrogen-bond acceptors (Lipinski definition) is 5. The Kier molecular flexibility index (Phi) is 4.75. The van der Waals surface area contributed by atoms with Crippen molar-refractivity contribution in [3.63, 3.8) is 0 Å². The third-order valence-corrected chi connectivity index (χ3v) is 4.23. The fraction of sp³-hybridized carbons (Fsp3) is 0.0500.